The Hall–Kier alpha value is -2.78. The number of furan rings is 1. The number of nitrogens with one attached hydrogen (secondary N) is 1. The average Bonchev–Trinajstić information content (AvgIpc) is 3.37. The van der Waals surface area contributed by atoms with Crippen LogP contribution in [0.5, 0.6) is 5.75 Å². The summed E-state index contributed by atoms with van der Waals surface area (Å²) in [6.07, 6.45) is 0. The summed E-state index contributed by atoms with van der Waals surface area (Å²) in [5.41, 5.74) is 3.53. The normalized spacial score (nSPS) is 11.2. The number of aromatic nitrogens is 3. The van der Waals surface area contributed by atoms with Gasteiger partial charge in [0.15, 0.2) is 22.2 Å². The molecule has 0 spiro atoms. The number of nitrogens with zero attached hydrogens (tertiary/aromatic N) is 3. The topological polar surface area (TPSA) is 82.2 Å². The minimum atomic E-state index is -0.0933. The number of benzene rings is 2. The fraction of sp³-hybridized carbons (Fsp3) is 0.261. The molecular weight excluding hydrogens is 492 g/mol. The number of thioether (sulfide) groups is 1. The lowest BCUT2D eigenvalue weighted by Crippen LogP contribution is -2.16. The number of amides is 1. The van der Waals surface area contributed by atoms with E-state index in [1.165, 1.54) is 11.8 Å². The minimum Gasteiger partial charge on any atom is -0.493 e. The molecule has 1 N–H and O–H groups in total. The third-order valence-electron chi connectivity index (χ3n) is 5.08. The lowest BCUT2D eigenvalue weighted by molar-refractivity contribution is -0.113. The number of fused-ring (bicyclic) bond motifs is 1. The van der Waals surface area contributed by atoms with Gasteiger partial charge in [-0.1, -0.05) is 39.8 Å². The van der Waals surface area contributed by atoms with Crippen molar-refractivity contribution in [2.75, 3.05) is 18.2 Å². The van der Waals surface area contributed by atoms with Crippen molar-refractivity contribution in [2.24, 2.45) is 0 Å². The van der Waals surface area contributed by atoms with Gasteiger partial charge in [-0.25, -0.2) is 0 Å². The Bertz CT molecular complexity index is 1270. The van der Waals surface area contributed by atoms with Crippen molar-refractivity contribution >= 4 is 50.3 Å². The molecule has 32 heavy (non-hydrogen) atoms. The van der Waals surface area contributed by atoms with Gasteiger partial charge in [0, 0.05) is 22.1 Å². The number of halogens is 1. The van der Waals surface area contributed by atoms with Crippen LogP contribution in [0.1, 0.15) is 18.1 Å². The van der Waals surface area contributed by atoms with Crippen LogP contribution in [0.3, 0.4) is 0 Å². The molecule has 7 nitrogen and oxygen atoms in total. The van der Waals surface area contributed by atoms with Gasteiger partial charge in [0.1, 0.15) is 0 Å². The lowest BCUT2D eigenvalue weighted by Gasteiger charge is -2.12. The Kier molecular flexibility index (Phi) is 6.57. The summed E-state index contributed by atoms with van der Waals surface area (Å²) < 4.78 is 14.4. The van der Waals surface area contributed by atoms with Crippen molar-refractivity contribution in [1.29, 1.82) is 0 Å². The van der Waals surface area contributed by atoms with E-state index in [0.29, 0.717) is 34.6 Å². The highest BCUT2D eigenvalue weighted by Gasteiger charge is 2.19. The molecule has 0 aliphatic heterocycles. The zero-order valence-corrected chi connectivity index (χ0v) is 20.6. The van der Waals surface area contributed by atoms with Crippen molar-refractivity contribution in [3.05, 3.63) is 52.0 Å². The number of carbonyl (C=O) groups is 1. The molecule has 166 valence electrons. The van der Waals surface area contributed by atoms with Crippen LogP contribution in [0.25, 0.3) is 22.6 Å². The van der Waals surface area contributed by atoms with Crippen LogP contribution < -0.4 is 10.1 Å². The predicted octanol–water partition coefficient (Wildman–Crippen LogP) is 5.83. The molecule has 2 aromatic heterocycles. The summed E-state index contributed by atoms with van der Waals surface area (Å²) in [6.45, 7) is 6.60. The first-order valence-corrected chi connectivity index (χ1v) is 11.9. The molecule has 9 heteroatoms. The maximum absolute atomic E-state index is 12.6. The number of ether oxygens (including phenoxy) is 1. The van der Waals surface area contributed by atoms with Crippen LogP contribution in [0, 0.1) is 13.8 Å². The standard InChI is InChI=1S/C23H23BrN4O3S/c1-5-28-22(18-11-15-7-6-8-17(30-4)21(15)31-18)26-27-23(28)32-12-19(29)25-20-13(2)9-16(24)10-14(20)3/h6-11H,5,12H2,1-4H3,(H,25,29). The smallest absolute Gasteiger partial charge is 0.234 e. The van der Waals surface area contributed by atoms with Crippen LogP contribution in [-0.4, -0.2) is 33.5 Å². The van der Waals surface area contributed by atoms with Crippen LogP contribution >= 0.6 is 27.7 Å². The number of para-hydroxylation sites is 1. The van der Waals surface area contributed by atoms with Crippen molar-refractivity contribution in [3.8, 4) is 17.3 Å². The molecule has 0 saturated carbocycles. The molecule has 0 radical (unpaired) electrons. The molecule has 0 saturated heterocycles. The number of aryl methyl sites for hydroxylation is 2. The number of carbonyl (C=O) groups excluding carboxylic acids is 1. The lowest BCUT2D eigenvalue weighted by atomic mass is 10.1. The first-order valence-electron chi connectivity index (χ1n) is 10.1. The van der Waals surface area contributed by atoms with Crippen molar-refractivity contribution < 1.29 is 13.9 Å². The van der Waals surface area contributed by atoms with Crippen molar-refractivity contribution in [2.45, 2.75) is 32.5 Å². The van der Waals surface area contributed by atoms with Crippen LogP contribution in [0.2, 0.25) is 0 Å². The van der Waals surface area contributed by atoms with E-state index in [2.05, 4.69) is 31.4 Å². The summed E-state index contributed by atoms with van der Waals surface area (Å²) in [6, 6.07) is 11.6. The van der Waals surface area contributed by atoms with E-state index >= 15 is 0 Å². The maximum atomic E-state index is 12.6. The third kappa shape index (κ3) is 4.40. The van der Waals surface area contributed by atoms with Crippen LogP contribution in [0.4, 0.5) is 5.69 Å². The summed E-state index contributed by atoms with van der Waals surface area (Å²) in [4.78, 5) is 12.6. The second-order valence-corrected chi connectivity index (χ2v) is 9.15. The largest absolute Gasteiger partial charge is 0.493 e. The van der Waals surface area contributed by atoms with E-state index in [0.717, 1.165) is 26.7 Å². The molecule has 0 aliphatic rings. The SMILES string of the molecule is CCn1c(SCC(=O)Nc2c(C)cc(Br)cc2C)nnc1-c1cc2cccc(OC)c2o1. The van der Waals surface area contributed by atoms with Crippen molar-refractivity contribution in [3.63, 3.8) is 0 Å². The number of hydrogen-bond donors (Lipinski definition) is 1. The van der Waals surface area contributed by atoms with Gasteiger partial charge < -0.3 is 14.5 Å². The highest BCUT2D eigenvalue weighted by molar-refractivity contribution is 9.10. The molecule has 2 heterocycles. The predicted molar refractivity (Wildman–Crippen MR) is 130 cm³/mol. The highest BCUT2D eigenvalue weighted by Crippen LogP contribution is 2.34. The van der Waals surface area contributed by atoms with Gasteiger partial charge in [-0.15, -0.1) is 10.2 Å². The van der Waals surface area contributed by atoms with Crippen molar-refractivity contribution in [1.82, 2.24) is 14.8 Å². The number of methoxy groups -OCH3 is 1. The molecule has 4 rings (SSSR count). The van der Waals surface area contributed by atoms with Gasteiger partial charge >= 0.3 is 0 Å². The molecule has 0 fully saturated rings. The summed E-state index contributed by atoms with van der Waals surface area (Å²) in [7, 11) is 1.61. The van der Waals surface area contributed by atoms with Gasteiger partial charge in [0.2, 0.25) is 11.7 Å². The summed E-state index contributed by atoms with van der Waals surface area (Å²) in [5, 5.41) is 13.2. The molecule has 0 aliphatic carbocycles. The zero-order chi connectivity index (χ0) is 22.8. The fourth-order valence-electron chi connectivity index (χ4n) is 3.58. The van der Waals surface area contributed by atoms with E-state index in [1.54, 1.807) is 7.11 Å². The molecule has 2 aromatic carbocycles. The van der Waals surface area contributed by atoms with Crippen LogP contribution in [0.15, 0.2) is 50.4 Å². The summed E-state index contributed by atoms with van der Waals surface area (Å²) >= 11 is 4.83. The monoisotopic (exact) mass is 514 g/mol. The third-order valence-corrected chi connectivity index (χ3v) is 6.50. The second-order valence-electron chi connectivity index (χ2n) is 7.29. The molecule has 0 atom stereocenters. The fourth-order valence-corrected chi connectivity index (χ4v) is 5.07. The maximum Gasteiger partial charge on any atom is 0.234 e. The van der Waals surface area contributed by atoms with Gasteiger partial charge in [-0.05, 0) is 56.2 Å². The Balaban J connectivity index is 1.52. The molecule has 0 bridgehead atoms. The molecule has 1 amide bonds. The number of rotatable bonds is 7. The zero-order valence-electron chi connectivity index (χ0n) is 18.2. The molecular formula is C23H23BrN4O3S. The van der Waals surface area contributed by atoms with E-state index in [1.807, 2.05) is 61.7 Å². The first kappa shape index (κ1) is 22.4. The molecule has 4 aromatic rings. The minimum absolute atomic E-state index is 0.0933. The van der Waals surface area contributed by atoms with Gasteiger partial charge in [-0.2, -0.15) is 0 Å². The highest BCUT2D eigenvalue weighted by atomic mass is 79.9. The van der Waals surface area contributed by atoms with E-state index in [4.69, 9.17) is 9.15 Å². The number of anilines is 1. The van der Waals surface area contributed by atoms with E-state index in [9.17, 15) is 4.79 Å². The summed E-state index contributed by atoms with van der Waals surface area (Å²) in [5.74, 6) is 2.02. The molecule has 0 unspecified atom stereocenters. The van der Waals surface area contributed by atoms with Gasteiger partial charge in [-0.3, -0.25) is 9.36 Å². The van der Waals surface area contributed by atoms with Gasteiger partial charge in [0.25, 0.3) is 0 Å². The van der Waals surface area contributed by atoms with E-state index < -0.39 is 0 Å². The Morgan fingerprint density at radius 1 is 1.22 bits per heavy atom. The van der Waals surface area contributed by atoms with E-state index in [-0.39, 0.29) is 11.7 Å². The van der Waals surface area contributed by atoms with Crippen LogP contribution in [-0.2, 0) is 11.3 Å². The average molecular weight is 515 g/mol. The first-order chi connectivity index (χ1) is 15.4. The number of hydrogen-bond acceptors (Lipinski definition) is 6. The van der Waals surface area contributed by atoms with Gasteiger partial charge in [0.05, 0.1) is 12.9 Å². The Labute approximate surface area is 198 Å². The second kappa shape index (κ2) is 9.38. The quantitative estimate of drug-likeness (QED) is 0.312. The Morgan fingerprint density at radius 2 is 1.97 bits per heavy atom. The Morgan fingerprint density at radius 3 is 2.66 bits per heavy atom.